The van der Waals surface area contributed by atoms with Gasteiger partial charge in [0.1, 0.15) is 13.2 Å². The minimum Gasteiger partial charge on any atom is -0.462 e. The SMILES string of the molecule is CC/C=C\C/C=C\C/C=C\C/C=C\C/C=C\CCCC(=O)OC(COC(=O)C/C=C\C/C=C\C/C=C\C/C=C\C/C=C\CC)COC(=O)CCCCCCCCCCCCCCC/C=C\C/C=C\CCCCCCC. The van der Waals surface area contributed by atoms with E-state index in [9.17, 15) is 14.4 Å². The van der Waals surface area contributed by atoms with E-state index in [1.54, 1.807) is 6.08 Å². The highest BCUT2D eigenvalue weighted by Crippen LogP contribution is 2.15. The number of esters is 3. The second-order valence-electron chi connectivity index (χ2n) is 19.5. The molecule has 0 heterocycles. The van der Waals surface area contributed by atoms with Crippen molar-refractivity contribution in [2.75, 3.05) is 13.2 Å². The molecular weight excluding hydrogens is 925 g/mol. The number of ether oxygens (including phenoxy) is 3. The molecule has 6 nitrogen and oxygen atoms in total. The summed E-state index contributed by atoms with van der Waals surface area (Å²) in [5, 5.41) is 0. The zero-order valence-electron chi connectivity index (χ0n) is 48.3. The predicted molar refractivity (Wildman–Crippen MR) is 325 cm³/mol. The van der Waals surface area contributed by atoms with Crippen LogP contribution in [0.2, 0.25) is 0 Å². The normalized spacial score (nSPS) is 13.2. The Labute approximate surface area is 461 Å². The molecule has 75 heavy (non-hydrogen) atoms. The molecule has 0 aliphatic heterocycles. The van der Waals surface area contributed by atoms with Crippen molar-refractivity contribution in [1.29, 1.82) is 0 Å². The van der Waals surface area contributed by atoms with Gasteiger partial charge >= 0.3 is 17.9 Å². The molecule has 6 heteroatoms. The molecule has 0 aromatic heterocycles. The smallest absolute Gasteiger partial charge is 0.309 e. The minimum atomic E-state index is -0.855. The van der Waals surface area contributed by atoms with Gasteiger partial charge < -0.3 is 14.2 Å². The average molecular weight is 1040 g/mol. The van der Waals surface area contributed by atoms with Gasteiger partial charge in [-0.3, -0.25) is 14.4 Å². The van der Waals surface area contributed by atoms with Gasteiger partial charge in [0.25, 0.3) is 0 Å². The monoisotopic (exact) mass is 1030 g/mol. The number of allylic oxidation sites excluding steroid dienone is 23. The maximum absolute atomic E-state index is 12.8. The summed E-state index contributed by atoms with van der Waals surface area (Å²) >= 11 is 0. The summed E-state index contributed by atoms with van der Waals surface area (Å²) in [7, 11) is 0. The lowest BCUT2D eigenvalue weighted by atomic mass is 10.0. The summed E-state index contributed by atoms with van der Waals surface area (Å²) < 4.78 is 16.7. The first-order valence-electron chi connectivity index (χ1n) is 30.3. The molecule has 0 saturated carbocycles. The molecule has 0 aromatic carbocycles. The van der Waals surface area contributed by atoms with Gasteiger partial charge in [0.2, 0.25) is 0 Å². The molecule has 0 aromatic rings. The maximum atomic E-state index is 12.8. The second kappa shape index (κ2) is 61.8. The predicted octanol–water partition coefficient (Wildman–Crippen LogP) is 20.8. The van der Waals surface area contributed by atoms with E-state index in [2.05, 4.69) is 154 Å². The fourth-order valence-electron chi connectivity index (χ4n) is 7.88. The van der Waals surface area contributed by atoms with Gasteiger partial charge in [-0.25, -0.2) is 0 Å². The topological polar surface area (TPSA) is 78.9 Å². The number of unbranched alkanes of at least 4 members (excludes halogenated alkanes) is 19. The summed E-state index contributed by atoms with van der Waals surface area (Å²) in [5.41, 5.74) is 0. The van der Waals surface area contributed by atoms with Crippen molar-refractivity contribution < 1.29 is 28.6 Å². The van der Waals surface area contributed by atoms with Crippen LogP contribution in [0, 0.1) is 0 Å². The van der Waals surface area contributed by atoms with Crippen LogP contribution >= 0.6 is 0 Å². The van der Waals surface area contributed by atoms with Crippen LogP contribution in [-0.2, 0) is 28.6 Å². The van der Waals surface area contributed by atoms with Crippen molar-refractivity contribution in [2.45, 2.75) is 258 Å². The fraction of sp³-hybridized carbons (Fsp3) is 0.609. The Morgan fingerprint density at radius 2 is 0.587 bits per heavy atom. The third-order valence-electron chi connectivity index (χ3n) is 12.3. The summed E-state index contributed by atoms with van der Waals surface area (Å²) in [4.78, 5) is 38.1. The van der Waals surface area contributed by atoms with Crippen LogP contribution in [0.5, 0.6) is 0 Å². The van der Waals surface area contributed by atoms with Crippen molar-refractivity contribution in [2.24, 2.45) is 0 Å². The van der Waals surface area contributed by atoms with E-state index < -0.39 is 18.0 Å². The van der Waals surface area contributed by atoms with Crippen molar-refractivity contribution in [1.82, 2.24) is 0 Å². The van der Waals surface area contributed by atoms with Gasteiger partial charge in [-0.15, -0.1) is 0 Å². The van der Waals surface area contributed by atoms with Crippen molar-refractivity contribution in [3.05, 3.63) is 146 Å². The van der Waals surface area contributed by atoms with Crippen molar-refractivity contribution in [3.63, 3.8) is 0 Å². The Hall–Kier alpha value is -4.71. The van der Waals surface area contributed by atoms with E-state index in [0.717, 1.165) is 96.3 Å². The van der Waals surface area contributed by atoms with E-state index >= 15 is 0 Å². The van der Waals surface area contributed by atoms with E-state index in [-0.39, 0.29) is 32.0 Å². The number of hydrogen-bond acceptors (Lipinski definition) is 6. The van der Waals surface area contributed by atoms with Gasteiger partial charge in [-0.2, -0.15) is 0 Å². The largest absolute Gasteiger partial charge is 0.462 e. The van der Waals surface area contributed by atoms with Crippen LogP contribution in [-0.4, -0.2) is 37.2 Å². The number of hydrogen-bond donors (Lipinski definition) is 0. The lowest BCUT2D eigenvalue weighted by Crippen LogP contribution is -2.30. The van der Waals surface area contributed by atoms with Crippen LogP contribution in [0.3, 0.4) is 0 Å². The molecule has 0 amide bonds. The number of carbonyl (C=O) groups is 3. The quantitative estimate of drug-likeness (QED) is 0.0261. The van der Waals surface area contributed by atoms with Crippen LogP contribution in [0.4, 0.5) is 0 Å². The van der Waals surface area contributed by atoms with E-state index in [0.29, 0.717) is 12.8 Å². The molecule has 0 aliphatic rings. The Bertz CT molecular complexity index is 1660. The molecule has 0 saturated heterocycles. The lowest BCUT2D eigenvalue weighted by Gasteiger charge is -2.18. The molecule has 1 atom stereocenters. The van der Waals surface area contributed by atoms with E-state index in [1.807, 2.05) is 6.08 Å². The van der Waals surface area contributed by atoms with Crippen LogP contribution in [0.25, 0.3) is 0 Å². The first-order valence-corrected chi connectivity index (χ1v) is 30.3. The minimum absolute atomic E-state index is 0.109. The summed E-state index contributed by atoms with van der Waals surface area (Å²) in [6.07, 6.45) is 88.8. The standard InChI is InChI=1S/C69H110O6/c1-4-7-10-13-16-19-22-25-28-30-31-32-33-34-35-36-37-39-41-44-47-50-53-56-59-62-68(71)74-65-66(64-73-67(70)61-58-55-52-49-46-43-40-27-24-21-18-15-12-9-6-3)75-69(72)63-60-57-54-51-48-45-42-38-29-26-23-20-17-14-11-8-5-2/h8-9,11-12,17-18,20-22,25-27,29-31,40,42,45-46,49,51,54-55,58,66H,4-7,10,13-16,19,23-24,28,32-39,41,43-44,47-48,50,52-53,56-57,59-65H2,1-3H3/b11-8-,12-9-,20-17-,21-18-,25-22-,29-26-,31-30-,40-27-,45-42-,49-46-,54-51-,58-55-. The molecule has 0 rings (SSSR count). The molecule has 1 unspecified atom stereocenters. The Balaban J connectivity index is 4.48. The Kier molecular flexibility index (Phi) is 58.0. The first kappa shape index (κ1) is 70.3. The molecule has 0 radical (unpaired) electrons. The van der Waals surface area contributed by atoms with Gasteiger partial charge in [-0.05, 0) is 116 Å². The number of rotatable bonds is 53. The first-order chi connectivity index (χ1) is 37.0. The molecule has 0 aliphatic carbocycles. The van der Waals surface area contributed by atoms with Crippen molar-refractivity contribution in [3.8, 4) is 0 Å². The van der Waals surface area contributed by atoms with Gasteiger partial charge in [0.15, 0.2) is 6.10 Å². The summed E-state index contributed by atoms with van der Waals surface area (Å²) in [6, 6.07) is 0. The van der Waals surface area contributed by atoms with Gasteiger partial charge in [-0.1, -0.05) is 263 Å². The highest BCUT2D eigenvalue weighted by Gasteiger charge is 2.19. The molecule has 0 bridgehead atoms. The summed E-state index contributed by atoms with van der Waals surface area (Å²) in [6.45, 7) is 6.26. The molecule has 0 N–H and O–H groups in total. The van der Waals surface area contributed by atoms with Crippen LogP contribution < -0.4 is 0 Å². The average Bonchev–Trinajstić information content (AvgIpc) is 3.41. The lowest BCUT2D eigenvalue weighted by molar-refractivity contribution is -0.166. The zero-order valence-corrected chi connectivity index (χ0v) is 48.3. The van der Waals surface area contributed by atoms with Gasteiger partial charge in [0, 0.05) is 12.8 Å². The second-order valence-corrected chi connectivity index (χ2v) is 19.5. The third-order valence-corrected chi connectivity index (χ3v) is 12.3. The highest BCUT2D eigenvalue weighted by molar-refractivity contribution is 5.72. The van der Waals surface area contributed by atoms with Crippen molar-refractivity contribution >= 4 is 17.9 Å². The zero-order chi connectivity index (χ0) is 54.3. The maximum Gasteiger partial charge on any atom is 0.309 e. The van der Waals surface area contributed by atoms with Gasteiger partial charge in [0.05, 0.1) is 6.42 Å². The van der Waals surface area contributed by atoms with Crippen LogP contribution in [0.1, 0.15) is 252 Å². The molecule has 422 valence electrons. The highest BCUT2D eigenvalue weighted by atomic mass is 16.6. The van der Waals surface area contributed by atoms with E-state index in [1.165, 1.54) is 109 Å². The fourth-order valence-corrected chi connectivity index (χ4v) is 7.88. The number of carbonyl (C=O) groups excluding carboxylic acids is 3. The third kappa shape index (κ3) is 60.0. The summed E-state index contributed by atoms with van der Waals surface area (Å²) in [5.74, 6) is -1.13. The Morgan fingerprint density at radius 1 is 0.293 bits per heavy atom. The Morgan fingerprint density at radius 3 is 0.973 bits per heavy atom. The molecule has 0 spiro atoms. The molecule has 0 fully saturated rings. The van der Waals surface area contributed by atoms with E-state index in [4.69, 9.17) is 14.2 Å². The van der Waals surface area contributed by atoms with Crippen LogP contribution in [0.15, 0.2) is 146 Å². The molecular formula is C69H110O6.